The zero-order chi connectivity index (χ0) is 17.7. The number of carbonyl (C=O) groups is 3. The van der Waals surface area contributed by atoms with Gasteiger partial charge in [0.1, 0.15) is 12.4 Å². The first-order chi connectivity index (χ1) is 12.0. The number of aromatic nitrogens is 3. The number of fused-ring (bicyclic) bond motifs is 1. The van der Waals surface area contributed by atoms with E-state index in [0.717, 1.165) is 17.5 Å². The summed E-state index contributed by atoms with van der Waals surface area (Å²) in [4.78, 5) is 53.4. The predicted molar refractivity (Wildman–Crippen MR) is 82.5 cm³/mol. The quantitative estimate of drug-likeness (QED) is 0.736. The van der Waals surface area contributed by atoms with Crippen LogP contribution in [0.2, 0.25) is 0 Å². The van der Waals surface area contributed by atoms with Crippen LogP contribution in [0.3, 0.4) is 0 Å². The van der Waals surface area contributed by atoms with E-state index < -0.39 is 30.0 Å². The third kappa shape index (κ3) is 2.44. The molecule has 0 N–H and O–H groups in total. The van der Waals surface area contributed by atoms with Crippen molar-refractivity contribution in [2.45, 2.75) is 25.3 Å². The van der Waals surface area contributed by atoms with E-state index in [9.17, 15) is 19.2 Å². The molecule has 0 radical (unpaired) electrons. The maximum absolute atomic E-state index is 12.2. The van der Waals surface area contributed by atoms with Crippen molar-refractivity contribution in [2.75, 3.05) is 0 Å². The highest BCUT2D eigenvalue weighted by molar-refractivity contribution is 6.20. The smallest absolute Gasteiger partial charge is 0.328 e. The molecule has 2 aliphatic rings. The molecule has 1 saturated carbocycles. The molecule has 2 aromatic rings. The highest BCUT2D eigenvalue weighted by atomic mass is 16.7. The molecule has 2 amide bonds. The molecule has 0 spiro atoms. The van der Waals surface area contributed by atoms with Crippen LogP contribution >= 0.6 is 0 Å². The third-order valence-electron chi connectivity index (χ3n) is 4.25. The van der Waals surface area contributed by atoms with Crippen molar-refractivity contribution in [3.63, 3.8) is 0 Å². The zero-order valence-electron chi connectivity index (χ0n) is 13.3. The number of nitrogens with zero attached hydrogens (tertiary/aromatic N) is 4. The Balaban J connectivity index is 1.50. The second-order valence-electron chi connectivity index (χ2n) is 6.05. The molecule has 0 atom stereocenters. The number of hydrogen-bond donors (Lipinski definition) is 0. The first kappa shape index (κ1) is 15.3. The Morgan fingerprint density at radius 3 is 2.32 bits per heavy atom. The lowest BCUT2D eigenvalue weighted by molar-refractivity contribution is -0.169. The van der Waals surface area contributed by atoms with Crippen molar-refractivity contribution in [1.82, 2.24) is 19.4 Å². The Morgan fingerprint density at radius 1 is 1.16 bits per heavy atom. The number of hydrogen-bond acceptors (Lipinski definition) is 6. The largest absolute Gasteiger partial charge is 0.354 e. The van der Waals surface area contributed by atoms with E-state index in [1.807, 2.05) is 0 Å². The molecular weight excluding hydrogens is 328 g/mol. The first-order valence-electron chi connectivity index (χ1n) is 7.79. The molecule has 1 aliphatic heterocycles. The van der Waals surface area contributed by atoms with Crippen molar-refractivity contribution < 1.29 is 19.2 Å². The van der Waals surface area contributed by atoms with Crippen LogP contribution in [-0.4, -0.2) is 37.2 Å². The first-order valence-corrected chi connectivity index (χ1v) is 7.79. The highest BCUT2D eigenvalue weighted by Gasteiger charge is 2.39. The summed E-state index contributed by atoms with van der Waals surface area (Å²) in [7, 11) is 1.59. The van der Waals surface area contributed by atoms with Gasteiger partial charge in [-0.1, -0.05) is 17.2 Å². The Hall–Kier alpha value is -3.23. The molecule has 1 aromatic carbocycles. The molecule has 0 bridgehead atoms. The molecule has 4 rings (SSSR count). The van der Waals surface area contributed by atoms with E-state index >= 15 is 0 Å². The lowest BCUT2D eigenvalue weighted by Crippen LogP contribution is -2.35. The molecule has 0 unspecified atom stereocenters. The molecular formula is C16H14N4O5. The van der Waals surface area contributed by atoms with Crippen molar-refractivity contribution in [1.29, 1.82) is 0 Å². The molecule has 1 aliphatic carbocycles. The van der Waals surface area contributed by atoms with E-state index in [4.69, 9.17) is 4.84 Å². The van der Waals surface area contributed by atoms with Crippen molar-refractivity contribution in [2.24, 2.45) is 7.05 Å². The van der Waals surface area contributed by atoms with Crippen LogP contribution < -0.4 is 5.69 Å². The van der Waals surface area contributed by atoms with Gasteiger partial charge < -0.3 is 4.84 Å². The van der Waals surface area contributed by atoms with Crippen LogP contribution in [0.25, 0.3) is 0 Å². The third-order valence-corrected chi connectivity index (χ3v) is 4.25. The van der Waals surface area contributed by atoms with E-state index in [1.54, 1.807) is 19.2 Å². The Bertz CT molecular complexity index is 934. The van der Waals surface area contributed by atoms with Gasteiger partial charge in [0.25, 0.3) is 11.8 Å². The standard InChI is InChI=1S/C16H14N4O5/c1-18-13(9-6-7-9)17-19(16(18)24)8-12(21)25-20-14(22)10-4-2-3-5-11(10)15(20)23/h2-5,9H,6-8H2,1H3. The summed E-state index contributed by atoms with van der Waals surface area (Å²) in [5.41, 5.74) is -0.0983. The van der Waals surface area contributed by atoms with Gasteiger partial charge in [-0.15, -0.1) is 0 Å². The second kappa shape index (κ2) is 5.40. The van der Waals surface area contributed by atoms with Crippen LogP contribution in [0.4, 0.5) is 0 Å². The lowest BCUT2D eigenvalue weighted by Gasteiger charge is -2.12. The molecule has 128 valence electrons. The SMILES string of the molecule is Cn1c(C2CC2)nn(CC(=O)ON2C(=O)c3ccccc3C2=O)c1=O. The molecule has 2 heterocycles. The molecule has 25 heavy (non-hydrogen) atoms. The highest BCUT2D eigenvalue weighted by Crippen LogP contribution is 2.38. The molecule has 9 heteroatoms. The molecule has 0 saturated heterocycles. The van der Waals surface area contributed by atoms with E-state index in [2.05, 4.69) is 5.10 Å². The van der Waals surface area contributed by atoms with Crippen LogP contribution in [0, 0.1) is 0 Å². The average Bonchev–Trinajstić information content (AvgIpc) is 3.37. The Morgan fingerprint density at radius 2 is 1.76 bits per heavy atom. The van der Waals surface area contributed by atoms with E-state index in [1.165, 1.54) is 16.7 Å². The van der Waals surface area contributed by atoms with Gasteiger partial charge in [0.05, 0.1) is 11.1 Å². The zero-order valence-corrected chi connectivity index (χ0v) is 13.3. The number of amides is 2. The minimum absolute atomic E-state index is 0.173. The summed E-state index contributed by atoms with van der Waals surface area (Å²) < 4.78 is 2.38. The fourth-order valence-electron chi connectivity index (χ4n) is 2.81. The maximum Gasteiger partial charge on any atom is 0.354 e. The monoisotopic (exact) mass is 342 g/mol. The van der Waals surface area contributed by atoms with Crippen molar-refractivity contribution in [3.05, 3.63) is 51.7 Å². The van der Waals surface area contributed by atoms with Crippen molar-refractivity contribution in [3.8, 4) is 0 Å². The van der Waals surface area contributed by atoms with E-state index in [-0.39, 0.29) is 17.0 Å². The topological polar surface area (TPSA) is 104 Å². The number of hydroxylamine groups is 2. The fourth-order valence-corrected chi connectivity index (χ4v) is 2.81. The predicted octanol–water partition coefficient (Wildman–Crippen LogP) is 0.214. The van der Waals surface area contributed by atoms with Gasteiger partial charge in [0.15, 0.2) is 0 Å². The number of imide groups is 1. The maximum atomic E-state index is 12.2. The van der Waals surface area contributed by atoms with Crippen LogP contribution in [0.1, 0.15) is 45.3 Å². The summed E-state index contributed by atoms with van der Waals surface area (Å²) in [5, 5.41) is 4.56. The second-order valence-corrected chi connectivity index (χ2v) is 6.05. The van der Waals surface area contributed by atoms with Crippen LogP contribution in [0.5, 0.6) is 0 Å². The fraction of sp³-hybridized carbons (Fsp3) is 0.312. The Kier molecular flexibility index (Phi) is 3.31. The Labute approximate surface area is 141 Å². The summed E-state index contributed by atoms with van der Waals surface area (Å²) in [6, 6.07) is 6.19. The van der Waals surface area contributed by atoms with Gasteiger partial charge >= 0.3 is 11.7 Å². The molecule has 1 fully saturated rings. The van der Waals surface area contributed by atoms with Gasteiger partial charge in [0, 0.05) is 13.0 Å². The molecule has 9 nitrogen and oxygen atoms in total. The minimum Gasteiger partial charge on any atom is -0.328 e. The van der Waals surface area contributed by atoms with Crippen LogP contribution in [-0.2, 0) is 23.2 Å². The summed E-state index contributed by atoms with van der Waals surface area (Å²) in [5.74, 6) is -1.47. The minimum atomic E-state index is -0.919. The molecule has 1 aromatic heterocycles. The van der Waals surface area contributed by atoms with Crippen molar-refractivity contribution >= 4 is 17.8 Å². The van der Waals surface area contributed by atoms with E-state index in [0.29, 0.717) is 10.9 Å². The normalized spacial score (nSPS) is 16.3. The van der Waals surface area contributed by atoms with Gasteiger partial charge in [-0.25, -0.2) is 14.3 Å². The van der Waals surface area contributed by atoms with Gasteiger partial charge in [-0.3, -0.25) is 14.2 Å². The van der Waals surface area contributed by atoms with Gasteiger partial charge in [-0.05, 0) is 25.0 Å². The summed E-state index contributed by atoms with van der Waals surface area (Å²) >= 11 is 0. The van der Waals surface area contributed by atoms with Gasteiger partial charge in [0.2, 0.25) is 0 Å². The van der Waals surface area contributed by atoms with Crippen LogP contribution in [0.15, 0.2) is 29.1 Å². The average molecular weight is 342 g/mol. The number of carbonyl (C=O) groups excluding carboxylic acids is 3. The summed E-state index contributed by atoms with van der Waals surface area (Å²) in [6.07, 6.45) is 1.92. The lowest BCUT2D eigenvalue weighted by atomic mass is 10.1. The number of benzene rings is 1. The summed E-state index contributed by atoms with van der Waals surface area (Å²) in [6.45, 7) is -0.479. The number of rotatable bonds is 4. The van der Waals surface area contributed by atoms with Gasteiger partial charge in [-0.2, -0.15) is 5.10 Å².